The van der Waals surface area contributed by atoms with E-state index >= 15 is 0 Å². The van der Waals surface area contributed by atoms with Gasteiger partial charge in [-0.3, -0.25) is 4.79 Å². The SMILES string of the molecule is CCCCCCCCCCCC(=O)NCCC[O]. The molecule has 3 heteroatoms. The third-order valence-electron chi connectivity index (χ3n) is 3.15. The van der Waals surface area contributed by atoms with Crippen LogP contribution in [0.5, 0.6) is 0 Å². The highest BCUT2D eigenvalue weighted by molar-refractivity contribution is 5.75. The Hall–Kier alpha value is -0.570. The van der Waals surface area contributed by atoms with E-state index in [1.165, 1.54) is 44.9 Å². The van der Waals surface area contributed by atoms with E-state index in [1.54, 1.807) is 0 Å². The number of nitrogens with one attached hydrogen (secondary N) is 1. The number of amides is 1. The van der Waals surface area contributed by atoms with Gasteiger partial charge in [0, 0.05) is 13.0 Å². The minimum atomic E-state index is -0.0989. The van der Waals surface area contributed by atoms with Gasteiger partial charge in [0.05, 0.1) is 6.61 Å². The highest BCUT2D eigenvalue weighted by Crippen LogP contribution is 2.10. The number of hydrogen-bond donors (Lipinski definition) is 1. The second-order valence-electron chi connectivity index (χ2n) is 4.99. The number of hydrogen-bond acceptors (Lipinski definition) is 1. The quantitative estimate of drug-likeness (QED) is 0.500. The Balaban J connectivity index is 3.08. The molecule has 1 radical (unpaired) electrons. The molecule has 0 saturated heterocycles. The first-order chi connectivity index (χ1) is 8.81. The van der Waals surface area contributed by atoms with Crippen molar-refractivity contribution >= 4 is 5.91 Å². The van der Waals surface area contributed by atoms with Crippen LogP contribution in [0.1, 0.15) is 77.6 Å². The summed E-state index contributed by atoms with van der Waals surface area (Å²) >= 11 is 0. The van der Waals surface area contributed by atoms with Gasteiger partial charge in [-0.05, 0) is 12.8 Å². The molecule has 0 unspecified atom stereocenters. The van der Waals surface area contributed by atoms with Crippen LogP contribution in [-0.4, -0.2) is 19.1 Å². The molecule has 0 aromatic rings. The van der Waals surface area contributed by atoms with Gasteiger partial charge in [0.15, 0.2) is 0 Å². The van der Waals surface area contributed by atoms with E-state index in [4.69, 9.17) is 0 Å². The summed E-state index contributed by atoms with van der Waals surface area (Å²) in [7, 11) is 0. The van der Waals surface area contributed by atoms with E-state index in [0.717, 1.165) is 12.8 Å². The van der Waals surface area contributed by atoms with Crippen molar-refractivity contribution in [2.45, 2.75) is 77.6 Å². The zero-order valence-electron chi connectivity index (χ0n) is 12.0. The van der Waals surface area contributed by atoms with Gasteiger partial charge >= 0.3 is 0 Å². The minimum Gasteiger partial charge on any atom is -0.356 e. The summed E-state index contributed by atoms with van der Waals surface area (Å²) < 4.78 is 0. The normalized spacial score (nSPS) is 10.6. The molecule has 1 amide bonds. The molecular weight excluding hydrogens is 226 g/mol. The van der Waals surface area contributed by atoms with Crippen LogP contribution in [0.3, 0.4) is 0 Å². The molecule has 0 aromatic heterocycles. The average Bonchev–Trinajstić information content (AvgIpc) is 2.37. The predicted molar refractivity (Wildman–Crippen MR) is 75.0 cm³/mol. The lowest BCUT2D eigenvalue weighted by Gasteiger charge is -2.04. The van der Waals surface area contributed by atoms with Gasteiger partial charge in [0.1, 0.15) is 0 Å². The zero-order chi connectivity index (χ0) is 13.5. The van der Waals surface area contributed by atoms with E-state index in [0.29, 0.717) is 19.4 Å². The third-order valence-corrected chi connectivity index (χ3v) is 3.15. The first-order valence-electron chi connectivity index (χ1n) is 7.66. The van der Waals surface area contributed by atoms with Crippen molar-refractivity contribution in [3.05, 3.63) is 0 Å². The number of rotatable bonds is 13. The molecule has 18 heavy (non-hydrogen) atoms. The van der Waals surface area contributed by atoms with Crippen LogP contribution in [-0.2, 0) is 9.90 Å². The van der Waals surface area contributed by atoms with Crippen LogP contribution < -0.4 is 5.32 Å². The molecule has 0 atom stereocenters. The fourth-order valence-electron chi connectivity index (χ4n) is 1.98. The van der Waals surface area contributed by atoms with E-state index in [1.807, 2.05) is 0 Å². The second-order valence-corrected chi connectivity index (χ2v) is 4.99. The molecule has 0 aliphatic carbocycles. The maximum atomic E-state index is 11.3. The Morgan fingerprint density at radius 1 is 0.833 bits per heavy atom. The largest absolute Gasteiger partial charge is 0.356 e. The van der Waals surface area contributed by atoms with E-state index in [9.17, 15) is 9.90 Å². The van der Waals surface area contributed by atoms with Crippen molar-refractivity contribution in [3.8, 4) is 0 Å². The van der Waals surface area contributed by atoms with Gasteiger partial charge in [-0.2, -0.15) is 0 Å². The smallest absolute Gasteiger partial charge is 0.219 e. The number of carbonyl (C=O) groups excluding carboxylic acids is 1. The van der Waals surface area contributed by atoms with Crippen LogP contribution in [0.25, 0.3) is 0 Å². The van der Waals surface area contributed by atoms with Crippen LogP contribution in [0, 0.1) is 0 Å². The predicted octanol–water partition coefficient (Wildman–Crippen LogP) is 3.84. The van der Waals surface area contributed by atoms with Crippen molar-refractivity contribution in [2.24, 2.45) is 0 Å². The fourth-order valence-corrected chi connectivity index (χ4v) is 1.98. The molecule has 0 saturated carbocycles. The molecule has 1 N–H and O–H groups in total. The Labute approximate surface area is 112 Å². The van der Waals surface area contributed by atoms with E-state index in [-0.39, 0.29) is 12.5 Å². The van der Waals surface area contributed by atoms with Crippen molar-refractivity contribution < 1.29 is 9.90 Å². The van der Waals surface area contributed by atoms with Crippen LogP contribution in [0.2, 0.25) is 0 Å². The summed E-state index contributed by atoms with van der Waals surface area (Å²) in [5.41, 5.74) is 0. The van der Waals surface area contributed by atoms with Gasteiger partial charge in [0.2, 0.25) is 5.91 Å². The van der Waals surface area contributed by atoms with Gasteiger partial charge in [-0.15, -0.1) is 0 Å². The topological polar surface area (TPSA) is 49.0 Å². The summed E-state index contributed by atoms with van der Waals surface area (Å²) in [6, 6.07) is 0. The lowest BCUT2D eigenvalue weighted by Crippen LogP contribution is -2.24. The van der Waals surface area contributed by atoms with Crippen LogP contribution >= 0.6 is 0 Å². The highest BCUT2D eigenvalue weighted by atomic mass is 16.3. The molecule has 3 nitrogen and oxygen atoms in total. The summed E-state index contributed by atoms with van der Waals surface area (Å²) in [6.07, 6.45) is 12.6. The molecule has 0 bridgehead atoms. The number of unbranched alkanes of at least 4 members (excludes halogenated alkanes) is 8. The minimum absolute atomic E-state index is 0.0989. The van der Waals surface area contributed by atoms with Crippen molar-refractivity contribution in [1.82, 2.24) is 5.32 Å². The van der Waals surface area contributed by atoms with E-state index in [2.05, 4.69) is 12.2 Å². The summed E-state index contributed by atoms with van der Waals surface area (Å²) in [6.45, 7) is 2.68. The lowest BCUT2D eigenvalue weighted by atomic mass is 10.1. The highest BCUT2D eigenvalue weighted by Gasteiger charge is 1.99. The van der Waals surface area contributed by atoms with Gasteiger partial charge in [-0.25, -0.2) is 5.11 Å². The van der Waals surface area contributed by atoms with E-state index < -0.39 is 0 Å². The van der Waals surface area contributed by atoms with Crippen molar-refractivity contribution in [1.29, 1.82) is 0 Å². The summed E-state index contributed by atoms with van der Waals surface area (Å²) in [4.78, 5) is 11.3. The second kappa shape index (κ2) is 14.5. The Morgan fingerprint density at radius 2 is 1.39 bits per heavy atom. The molecule has 0 rings (SSSR count). The molecule has 0 heterocycles. The standard InChI is InChI=1S/C15H30NO2/c1-2-3-4-5-6-7-8-9-10-12-15(18)16-13-11-14-17/h2-14H2,1H3,(H,16,18). The first kappa shape index (κ1) is 17.4. The lowest BCUT2D eigenvalue weighted by molar-refractivity contribution is -0.121. The monoisotopic (exact) mass is 256 g/mol. The van der Waals surface area contributed by atoms with Crippen LogP contribution in [0.4, 0.5) is 0 Å². The Bertz CT molecular complexity index is 183. The Kier molecular flexibility index (Phi) is 14.0. The average molecular weight is 256 g/mol. The number of carbonyl (C=O) groups is 1. The van der Waals surface area contributed by atoms with Crippen LogP contribution in [0.15, 0.2) is 0 Å². The maximum Gasteiger partial charge on any atom is 0.219 e. The summed E-state index contributed by atoms with van der Waals surface area (Å²) in [5.74, 6) is 0.103. The third kappa shape index (κ3) is 13.5. The van der Waals surface area contributed by atoms with Gasteiger partial charge in [-0.1, -0.05) is 58.3 Å². The molecule has 107 valence electrons. The molecule has 0 fully saturated rings. The van der Waals surface area contributed by atoms with Gasteiger partial charge in [0.25, 0.3) is 0 Å². The molecule has 0 aromatic carbocycles. The first-order valence-corrected chi connectivity index (χ1v) is 7.66. The molecular formula is C15H30NO2. The molecule has 0 aliphatic rings. The molecule has 0 aliphatic heterocycles. The van der Waals surface area contributed by atoms with Gasteiger partial charge < -0.3 is 5.32 Å². The van der Waals surface area contributed by atoms with Crippen molar-refractivity contribution in [2.75, 3.05) is 13.2 Å². The zero-order valence-corrected chi connectivity index (χ0v) is 12.0. The van der Waals surface area contributed by atoms with Crippen molar-refractivity contribution in [3.63, 3.8) is 0 Å². The Morgan fingerprint density at radius 3 is 1.94 bits per heavy atom. The fraction of sp³-hybridized carbons (Fsp3) is 0.933. The molecule has 0 spiro atoms. The summed E-state index contributed by atoms with van der Waals surface area (Å²) in [5, 5.41) is 13.0. The maximum absolute atomic E-state index is 11.3.